The number of para-hydroxylation sites is 2. The maximum atomic E-state index is 2.54. The van der Waals surface area contributed by atoms with Crippen LogP contribution in [0.15, 0.2) is 267 Å². The maximum Gasteiger partial charge on any atom is 0.0754 e. The highest BCUT2D eigenvalue weighted by Gasteiger charge is 2.52. The van der Waals surface area contributed by atoms with Gasteiger partial charge in [0.2, 0.25) is 0 Å². The van der Waals surface area contributed by atoms with E-state index in [-0.39, 0.29) is 0 Å². The molecule has 0 N–H and O–H groups in total. The molecule has 0 radical (unpaired) electrons. The standard InChI is InChI=1S/C71H50N2/c1-3-19-51-43-53(33-31-47(51)15-1)55-35-41-61-62-42-36-56(54-34-32-48-16-2-4-20-52(48)44-54)46-66(62)71(65(61)45-55)63-25-9-11-27-69(63)73(70-28-12-10-26-64(70)71)58-39-37-57(38-40-58)72(67-29-13-21-49-17-5-7-23-59(49)67)68-30-14-22-50-18-6-8-24-60(50)68/h1,3-15,17-46,48,52H,2,16H2. The molecule has 2 heteroatoms. The number of nitrogens with zero attached hydrogens (tertiary/aromatic N) is 2. The molecule has 11 aromatic carbocycles. The molecule has 0 fully saturated rings. The Hall–Kier alpha value is -8.98. The average molecular weight is 931 g/mol. The van der Waals surface area contributed by atoms with Gasteiger partial charge in [0.15, 0.2) is 0 Å². The SMILES string of the molecule is C1=CC2C=C(c3ccc4c(c3)C3(c5cc(-c6ccc7ccccc7c6)ccc5-4)c4ccccc4N(c4ccc(N(c5cccc6ccccc56)c5cccc6ccccc56)cc4)c4ccccc43)C=CC2CC1. The Kier molecular flexibility index (Phi) is 9.47. The lowest BCUT2D eigenvalue weighted by molar-refractivity contribution is 0.493. The van der Waals surface area contributed by atoms with Gasteiger partial charge in [0.25, 0.3) is 0 Å². The van der Waals surface area contributed by atoms with Crippen LogP contribution in [0, 0.1) is 11.8 Å². The minimum absolute atomic E-state index is 0.430. The van der Waals surface area contributed by atoms with Crippen molar-refractivity contribution >= 4 is 72.0 Å². The van der Waals surface area contributed by atoms with Gasteiger partial charge >= 0.3 is 0 Å². The molecule has 0 aromatic heterocycles. The van der Waals surface area contributed by atoms with Crippen LogP contribution in [0.2, 0.25) is 0 Å². The fourth-order valence-electron chi connectivity index (χ4n) is 13.1. The van der Waals surface area contributed by atoms with Gasteiger partial charge in [-0.05, 0) is 163 Å². The van der Waals surface area contributed by atoms with Gasteiger partial charge in [0, 0.05) is 28.1 Å². The third kappa shape index (κ3) is 6.43. The van der Waals surface area contributed by atoms with Crippen molar-refractivity contribution in [3.63, 3.8) is 0 Å². The van der Waals surface area contributed by atoms with Gasteiger partial charge in [-0.3, -0.25) is 0 Å². The van der Waals surface area contributed by atoms with Gasteiger partial charge in [0.1, 0.15) is 0 Å². The second-order valence-corrected chi connectivity index (χ2v) is 20.3. The second-order valence-electron chi connectivity index (χ2n) is 20.3. The fraction of sp³-hybridized carbons (Fsp3) is 0.0704. The topological polar surface area (TPSA) is 6.48 Å². The van der Waals surface area contributed by atoms with Crippen LogP contribution in [-0.4, -0.2) is 0 Å². The summed E-state index contributed by atoms with van der Waals surface area (Å²) in [4.78, 5) is 4.96. The summed E-state index contributed by atoms with van der Waals surface area (Å²) in [6.07, 6.45) is 14.5. The monoisotopic (exact) mass is 930 g/mol. The van der Waals surface area contributed by atoms with Crippen LogP contribution in [0.5, 0.6) is 0 Å². The Morgan fingerprint density at radius 2 is 0.973 bits per heavy atom. The Labute approximate surface area is 426 Å². The first-order chi connectivity index (χ1) is 36.2. The van der Waals surface area contributed by atoms with Crippen molar-refractivity contribution in [2.75, 3.05) is 9.80 Å². The summed E-state index contributed by atoms with van der Waals surface area (Å²) in [6, 6.07) is 88.7. The van der Waals surface area contributed by atoms with Gasteiger partial charge in [0.05, 0.1) is 28.2 Å². The normalized spacial score (nSPS) is 16.7. The molecule has 0 amide bonds. The minimum Gasteiger partial charge on any atom is -0.310 e. The van der Waals surface area contributed by atoms with Crippen LogP contribution < -0.4 is 9.80 Å². The summed E-state index contributed by atoms with van der Waals surface area (Å²) in [6.45, 7) is 0. The number of allylic oxidation sites excluding steroid dienone is 6. The lowest BCUT2D eigenvalue weighted by atomic mass is 9.64. The van der Waals surface area contributed by atoms with Gasteiger partial charge in [-0.25, -0.2) is 0 Å². The zero-order valence-electron chi connectivity index (χ0n) is 40.4. The third-order valence-corrected chi connectivity index (χ3v) is 16.4. The second kappa shape index (κ2) is 16.6. The van der Waals surface area contributed by atoms with E-state index >= 15 is 0 Å². The van der Waals surface area contributed by atoms with E-state index in [1.165, 1.54) is 106 Å². The molecule has 1 aliphatic heterocycles. The molecule has 1 spiro atoms. The van der Waals surface area contributed by atoms with Crippen LogP contribution >= 0.6 is 0 Å². The lowest BCUT2D eigenvalue weighted by Gasteiger charge is -2.45. The van der Waals surface area contributed by atoms with Gasteiger partial charge in [-0.1, -0.05) is 200 Å². The van der Waals surface area contributed by atoms with Crippen molar-refractivity contribution in [1.29, 1.82) is 0 Å². The first kappa shape index (κ1) is 41.8. The van der Waals surface area contributed by atoms with Gasteiger partial charge in [-0.2, -0.15) is 0 Å². The van der Waals surface area contributed by atoms with Crippen molar-refractivity contribution in [3.05, 3.63) is 295 Å². The molecule has 3 aliphatic carbocycles. The van der Waals surface area contributed by atoms with Crippen molar-refractivity contribution in [2.24, 2.45) is 11.8 Å². The van der Waals surface area contributed by atoms with Crippen molar-refractivity contribution in [3.8, 4) is 22.3 Å². The smallest absolute Gasteiger partial charge is 0.0754 e. The van der Waals surface area contributed by atoms with E-state index in [0.29, 0.717) is 11.8 Å². The molecule has 2 atom stereocenters. The lowest BCUT2D eigenvalue weighted by Crippen LogP contribution is -2.36. The van der Waals surface area contributed by atoms with E-state index in [4.69, 9.17) is 0 Å². The van der Waals surface area contributed by atoms with E-state index in [0.717, 1.165) is 29.2 Å². The predicted octanol–water partition coefficient (Wildman–Crippen LogP) is 19.0. The fourth-order valence-corrected chi connectivity index (χ4v) is 13.1. The summed E-state index contributed by atoms with van der Waals surface area (Å²) < 4.78 is 0. The first-order valence-corrected chi connectivity index (χ1v) is 25.9. The summed E-state index contributed by atoms with van der Waals surface area (Å²) in [5, 5.41) is 7.35. The van der Waals surface area contributed by atoms with Crippen molar-refractivity contribution in [2.45, 2.75) is 18.3 Å². The Morgan fingerprint density at radius 1 is 0.425 bits per heavy atom. The highest BCUT2D eigenvalue weighted by molar-refractivity contribution is 6.05. The summed E-state index contributed by atoms with van der Waals surface area (Å²) in [5.41, 5.74) is 19.1. The quantitative estimate of drug-likeness (QED) is 0.153. The third-order valence-electron chi connectivity index (χ3n) is 16.4. The number of benzene rings is 11. The maximum absolute atomic E-state index is 2.54. The molecule has 73 heavy (non-hydrogen) atoms. The van der Waals surface area contributed by atoms with Gasteiger partial charge < -0.3 is 9.80 Å². The highest BCUT2D eigenvalue weighted by Crippen LogP contribution is 2.64. The molecular weight excluding hydrogens is 881 g/mol. The van der Waals surface area contributed by atoms with E-state index < -0.39 is 5.41 Å². The zero-order valence-corrected chi connectivity index (χ0v) is 40.4. The average Bonchev–Trinajstić information content (AvgIpc) is 3.77. The number of hydrogen-bond donors (Lipinski definition) is 0. The van der Waals surface area contributed by atoms with Crippen molar-refractivity contribution in [1.82, 2.24) is 0 Å². The van der Waals surface area contributed by atoms with Crippen LogP contribution in [0.1, 0.15) is 40.7 Å². The van der Waals surface area contributed by atoms with E-state index in [1.54, 1.807) is 0 Å². The number of hydrogen-bond acceptors (Lipinski definition) is 2. The molecule has 0 bridgehead atoms. The molecule has 1 heterocycles. The Balaban J connectivity index is 0.927. The van der Waals surface area contributed by atoms with Crippen molar-refractivity contribution < 1.29 is 0 Å². The molecule has 15 rings (SSSR count). The molecular formula is C71H50N2. The first-order valence-electron chi connectivity index (χ1n) is 25.9. The minimum atomic E-state index is -0.608. The van der Waals surface area contributed by atoms with Gasteiger partial charge in [-0.15, -0.1) is 0 Å². The summed E-state index contributed by atoms with van der Waals surface area (Å²) >= 11 is 0. The predicted molar refractivity (Wildman–Crippen MR) is 307 cm³/mol. The molecule has 2 unspecified atom stereocenters. The summed E-state index contributed by atoms with van der Waals surface area (Å²) in [5.74, 6) is 1.00. The van der Waals surface area contributed by atoms with Crippen LogP contribution in [0.4, 0.5) is 34.1 Å². The molecule has 2 nitrogen and oxygen atoms in total. The molecule has 4 aliphatic rings. The van der Waals surface area contributed by atoms with E-state index in [2.05, 4.69) is 277 Å². The molecule has 11 aromatic rings. The Bertz CT molecular complexity index is 4000. The number of rotatable bonds is 6. The number of fused-ring (bicyclic) bond motifs is 13. The highest BCUT2D eigenvalue weighted by atomic mass is 15.2. The van der Waals surface area contributed by atoms with Crippen LogP contribution in [0.25, 0.3) is 60.1 Å². The van der Waals surface area contributed by atoms with Crippen LogP contribution in [-0.2, 0) is 5.41 Å². The molecule has 0 saturated carbocycles. The number of anilines is 6. The zero-order chi connectivity index (χ0) is 48.0. The van der Waals surface area contributed by atoms with E-state index in [1.807, 2.05) is 0 Å². The van der Waals surface area contributed by atoms with E-state index in [9.17, 15) is 0 Å². The molecule has 344 valence electrons. The Morgan fingerprint density at radius 3 is 1.66 bits per heavy atom. The largest absolute Gasteiger partial charge is 0.310 e. The van der Waals surface area contributed by atoms with Crippen LogP contribution in [0.3, 0.4) is 0 Å². The summed E-state index contributed by atoms with van der Waals surface area (Å²) in [7, 11) is 0. The molecule has 0 saturated heterocycles.